The number of ether oxygens (including phenoxy) is 1. The van der Waals surface area contributed by atoms with Gasteiger partial charge >= 0.3 is 5.97 Å². The lowest BCUT2D eigenvalue weighted by atomic mass is 9.93. The number of fused-ring (bicyclic) bond motifs is 1. The van der Waals surface area contributed by atoms with E-state index in [0.29, 0.717) is 29.3 Å². The third-order valence-corrected chi connectivity index (χ3v) is 6.94. The number of methoxy groups -OCH3 is 1. The number of benzene rings is 2. The average Bonchev–Trinajstić information content (AvgIpc) is 3.25. The Balaban J connectivity index is 1.66. The summed E-state index contributed by atoms with van der Waals surface area (Å²) in [5.41, 5.74) is 3.83. The number of carbonyl (C=O) groups excluding carboxylic acids is 2. The number of amidine groups is 1. The quantitative estimate of drug-likeness (QED) is 0.473. The molecule has 34 heavy (non-hydrogen) atoms. The van der Waals surface area contributed by atoms with E-state index in [9.17, 15) is 9.59 Å². The number of halogens is 1. The standard InChI is InChI=1S/C26H26ClN3O3S/c1-4-21-23(25(32)33-3)24(18-11-8-12-19(27)13-18)30-20(16-34-26(30)28-21)14-22(31)29(2)15-17-9-6-5-7-10-17/h5-13,16,24H,4,14-15H2,1-3H3. The number of aliphatic imine (C=N–C) groups is 1. The van der Waals surface area contributed by atoms with Crippen molar-refractivity contribution in [2.45, 2.75) is 32.4 Å². The number of thioether (sulfide) groups is 1. The molecule has 176 valence electrons. The first-order valence-electron chi connectivity index (χ1n) is 11.0. The predicted octanol–water partition coefficient (Wildman–Crippen LogP) is 5.53. The summed E-state index contributed by atoms with van der Waals surface area (Å²) in [5, 5.41) is 3.25. The molecule has 2 heterocycles. The van der Waals surface area contributed by atoms with Crippen molar-refractivity contribution < 1.29 is 14.3 Å². The largest absolute Gasteiger partial charge is 0.466 e. The van der Waals surface area contributed by atoms with E-state index in [1.807, 2.05) is 65.8 Å². The summed E-state index contributed by atoms with van der Waals surface area (Å²) >= 11 is 7.78. The van der Waals surface area contributed by atoms with Crippen molar-refractivity contribution in [3.05, 3.63) is 93.1 Å². The number of allylic oxidation sites excluding steroid dienone is 1. The lowest BCUT2D eigenvalue weighted by Gasteiger charge is -2.37. The molecule has 8 heteroatoms. The molecule has 0 saturated carbocycles. The molecule has 6 nitrogen and oxygen atoms in total. The fourth-order valence-electron chi connectivity index (χ4n) is 4.14. The van der Waals surface area contributed by atoms with Gasteiger partial charge in [0.05, 0.1) is 30.8 Å². The van der Waals surface area contributed by atoms with Crippen LogP contribution in [0.5, 0.6) is 0 Å². The second kappa shape index (κ2) is 10.5. The van der Waals surface area contributed by atoms with Gasteiger partial charge in [-0.25, -0.2) is 9.79 Å². The van der Waals surface area contributed by atoms with Crippen molar-refractivity contribution in [3.63, 3.8) is 0 Å². The van der Waals surface area contributed by atoms with E-state index in [4.69, 9.17) is 21.3 Å². The Labute approximate surface area is 208 Å². The SMILES string of the molecule is CCC1=C(C(=O)OC)C(c2cccc(Cl)c2)N2C(CC(=O)N(C)Cc3ccccc3)=CSC2=N1. The second-order valence-electron chi connectivity index (χ2n) is 8.07. The van der Waals surface area contributed by atoms with Gasteiger partial charge in [0, 0.05) is 24.3 Å². The molecule has 2 aliphatic heterocycles. The highest BCUT2D eigenvalue weighted by Crippen LogP contribution is 2.45. The fourth-order valence-corrected chi connectivity index (χ4v) is 5.28. The second-order valence-corrected chi connectivity index (χ2v) is 9.34. The topological polar surface area (TPSA) is 62.2 Å². The minimum Gasteiger partial charge on any atom is -0.466 e. The number of hydrogen-bond donors (Lipinski definition) is 0. The molecule has 1 atom stereocenters. The average molecular weight is 496 g/mol. The van der Waals surface area contributed by atoms with Crippen molar-refractivity contribution in [1.82, 2.24) is 9.80 Å². The van der Waals surface area contributed by atoms with E-state index < -0.39 is 12.0 Å². The van der Waals surface area contributed by atoms with Crippen LogP contribution in [0.25, 0.3) is 0 Å². The molecule has 2 aromatic carbocycles. The highest BCUT2D eigenvalue weighted by Gasteiger charge is 2.41. The molecule has 0 fully saturated rings. The summed E-state index contributed by atoms with van der Waals surface area (Å²) in [4.78, 5) is 34.5. The van der Waals surface area contributed by atoms with Crippen LogP contribution in [0.2, 0.25) is 5.02 Å². The first-order valence-corrected chi connectivity index (χ1v) is 12.3. The van der Waals surface area contributed by atoms with Gasteiger partial charge in [-0.15, -0.1) is 0 Å². The van der Waals surface area contributed by atoms with Crippen LogP contribution in [0.4, 0.5) is 0 Å². The van der Waals surface area contributed by atoms with Crippen LogP contribution in [0.15, 0.2) is 82.0 Å². The van der Waals surface area contributed by atoms with Crippen LogP contribution < -0.4 is 0 Å². The molecule has 1 amide bonds. The van der Waals surface area contributed by atoms with E-state index in [1.165, 1.54) is 18.9 Å². The molecule has 2 aromatic rings. The molecule has 0 saturated heterocycles. The summed E-state index contributed by atoms with van der Waals surface area (Å²) in [6, 6.07) is 16.8. The van der Waals surface area contributed by atoms with Gasteiger partial charge in [0.25, 0.3) is 0 Å². The Morgan fingerprint density at radius 3 is 2.62 bits per heavy atom. The smallest absolute Gasteiger partial charge is 0.338 e. The lowest BCUT2D eigenvalue weighted by molar-refractivity contribution is -0.136. The number of amides is 1. The Kier molecular flexibility index (Phi) is 7.44. The maximum absolute atomic E-state index is 13.2. The van der Waals surface area contributed by atoms with Crippen LogP contribution in [-0.4, -0.2) is 41.0 Å². The van der Waals surface area contributed by atoms with E-state index in [1.54, 1.807) is 18.0 Å². The first-order chi connectivity index (χ1) is 16.4. The number of carbonyl (C=O) groups is 2. The zero-order chi connectivity index (χ0) is 24.2. The maximum Gasteiger partial charge on any atom is 0.338 e. The Morgan fingerprint density at radius 1 is 1.18 bits per heavy atom. The molecule has 2 aliphatic rings. The lowest BCUT2D eigenvalue weighted by Crippen LogP contribution is -2.38. The van der Waals surface area contributed by atoms with E-state index >= 15 is 0 Å². The van der Waals surface area contributed by atoms with Gasteiger partial charge in [-0.3, -0.25) is 4.79 Å². The molecule has 0 spiro atoms. The van der Waals surface area contributed by atoms with Crippen LogP contribution in [-0.2, 0) is 20.9 Å². The first kappa shape index (κ1) is 24.1. The summed E-state index contributed by atoms with van der Waals surface area (Å²) in [6.07, 6.45) is 0.760. The van der Waals surface area contributed by atoms with E-state index in [-0.39, 0.29) is 12.3 Å². The van der Waals surface area contributed by atoms with Crippen molar-refractivity contribution >= 4 is 40.4 Å². The molecule has 4 rings (SSSR count). The summed E-state index contributed by atoms with van der Waals surface area (Å²) in [5.74, 6) is -0.458. The van der Waals surface area contributed by atoms with Crippen molar-refractivity contribution in [2.24, 2.45) is 4.99 Å². The van der Waals surface area contributed by atoms with Crippen LogP contribution in [0, 0.1) is 0 Å². The minimum atomic E-state index is -0.484. The zero-order valence-electron chi connectivity index (χ0n) is 19.3. The Morgan fingerprint density at radius 2 is 1.94 bits per heavy atom. The number of nitrogens with zero attached hydrogens (tertiary/aromatic N) is 3. The molecule has 0 radical (unpaired) electrons. The van der Waals surface area contributed by atoms with Crippen molar-refractivity contribution in [3.8, 4) is 0 Å². The zero-order valence-corrected chi connectivity index (χ0v) is 20.9. The fraction of sp³-hybridized carbons (Fsp3) is 0.269. The van der Waals surface area contributed by atoms with Crippen LogP contribution in [0.1, 0.15) is 36.9 Å². The maximum atomic E-state index is 13.2. The molecule has 0 aromatic heterocycles. The normalized spacial score (nSPS) is 17.2. The molecule has 0 bridgehead atoms. The Hall–Kier alpha value is -3.03. The van der Waals surface area contributed by atoms with Gasteiger partial charge in [-0.1, -0.05) is 72.8 Å². The van der Waals surface area contributed by atoms with Crippen molar-refractivity contribution in [1.29, 1.82) is 0 Å². The third kappa shape index (κ3) is 4.91. The van der Waals surface area contributed by atoms with Gasteiger partial charge in [0.2, 0.25) is 5.91 Å². The number of hydrogen-bond acceptors (Lipinski definition) is 6. The predicted molar refractivity (Wildman–Crippen MR) is 136 cm³/mol. The van der Waals surface area contributed by atoms with Gasteiger partial charge in [0.1, 0.15) is 0 Å². The van der Waals surface area contributed by atoms with Gasteiger partial charge in [0.15, 0.2) is 5.17 Å². The molecular weight excluding hydrogens is 470 g/mol. The minimum absolute atomic E-state index is 0.0216. The monoisotopic (exact) mass is 495 g/mol. The molecular formula is C26H26ClN3O3S. The molecule has 0 aliphatic carbocycles. The van der Waals surface area contributed by atoms with Gasteiger partial charge in [-0.2, -0.15) is 0 Å². The highest BCUT2D eigenvalue weighted by molar-refractivity contribution is 8.16. The van der Waals surface area contributed by atoms with Crippen molar-refractivity contribution in [2.75, 3.05) is 14.2 Å². The highest BCUT2D eigenvalue weighted by atomic mass is 35.5. The van der Waals surface area contributed by atoms with E-state index in [2.05, 4.69) is 0 Å². The van der Waals surface area contributed by atoms with Gasteiger partial charge < -0.3 is 14.5 Å². The number of esters is 1. The molecule has 0 N–H and O–H groups in total. The third-order valence-electron chi connectivity index (χ3n) is 5.81. The number of rotatable bonds is 7. The molecule has 1 unspecified atom stereocenters. The summed E-state index contributed by atoms with van der Waals surface area (Å²) < 4.78 is 5.15. The van der Waals surface area contributed by atoms with E-state index in [0.717, 1.165) is 22.0 Å². The van der Waals surface area contributed by atoms with Gasteiger partial charge in [-0.05, 0) is 35.1 Å². The summed E-state index contributed by atoms with van der Waals surface area (Å²) in [7, 11) is 3.17. The summed E-state index contributed by atoms with van der Waals surface area (Å²) in [6.45, 7) is 2.48. The Bertz CT molecular complexity index is 1190. The van der Waals surface area contributed by atoms with Crippen LogP contribution in [0.3, 0.4) is 0 Å². The van der Waals surface area contributed by atoms with Crippen LogP contribution >= 0.6 is 23.4 Å².